The van der Waals surface area contributed by atoms with Gasteiger partial charge in [0.15, 0.2) is 0 Å². The maximum absolute atomic E-state index is 13.7. The van der Waals surface area contributed by atoms with Crippen LogP contribution in [0.1, 0.15) is 39.7 Å². The molecule has 2 heterocycles. The Labute approximate surface area is 168 Å². The summed E-state index contributed by atoms with van der Waals surface area (Å²) in [6.07, 6.45) is 1.60. The second-order valence-electron chi connectivity index (χ2n) is 8.50. The van der Waals surface area contributed by atoms with Gasteiger partial charge < -0.3 is 14.4 Å². The predicted octanol–water partition coefficient (Wildman–Crippen LogP) is 3.38. The number of likely N-dealkylation sites (tertiary alicyclic amines) is 1. The van der Waals surface area contributed by atoms with Crippen LogP contribution in [0.4, 0.5) is 9.18 Å². The van der Waals surface area contributed by atoms with Gasteiger partial charge in [-0.05, 0) is 51.8 Å². The molecular formula is C21H24FN3O4. The maximum atomic E-state index is 13.7. The highest BCUT2D eigenvalue weighted by Gasteiger charge is 2.36. The van der Waals surface area contributed by atoms with Crippen molar-refractivity contribution in [1.82, 2.24) is 14.7 Å². The van der Waals surface area contributed by atoms with Gasteiger partial charge >= 0.3 is 6.09 Å². The van der Waals surface area contributed by atoms with Gasteiger partial charge in [-0.15, -0.1) is 0 Å². The van der Waals surface area contributed by atoms with Gasteiger partial charge in [0.1, 0.15) is 17.2 Å². The van der Waals surface area contributed by atoms with Crippen molar-refractivity contribution >= 4 is 6.09 Å². The molecule has 7 nitrogen and oxygen atoms in total. The first-order chi connectivity index (χ1) is 13.7. The molecule has 1 aromatic carbocycles. The summed E-state index contributed by atoms with van der Waals surface area (Å²) in [6, 6.07) is 7.11. The van der Waals surface area contributed by atoms with Gasteiger partial charge in [0, 0.05) is 30.8 Å². The monoisotopic (exact) mass is 401 g/mol. The molecule has 0 bridgehead atoms. The van der Waals surface area contributed by atoms with Gasteiger partial charge in [-0.2, -0.15) is 5.10 Å². The van der Waals surface area contributed by atoms with Gasteiger partial charge in [-0.1, -0.05) is 0 Å². The summed E-state index contributed by atoms with van der Waals surface area (Å²) in [6.45, 7) is 6.12. The topological polar surface area (TPSA) is 73.7 Å². The van der Waals surface area contributed by atoms with Crippen LogP contribution < -0.4 is 10.3 Å². The lowest BCUT2D eigenvalue weighted by Gasteiger charge is -2.39. The van der Waals surface area contributed by atoms with Crippen molar-refractivity contribution in [2.75, 3.05) is 13.1 Å². The van der Waals surface area contributed by atoms with E-state index < -0.39 is 11.7 Å². The van der Waals surface area contributed by atoms with E-state index in [1.165, 1.54) is 27.8 Å². The molecule has 154 valence electrons. The lowest BCUT2D eigenvalue weighted by Crippen LogP contribution is -2.54. The molecule has 1 aliphatic carbocycles. The largest absolute Gasteiger partial charge is 0.490 e. The van der Waals surface area contributed by atoms with Gasteiger partial charge in [0.05, 0.1) is 17.8 Å². The molecule has 0 atom stereocenters. The Hall–Kier alpha value is -2.90. The Morgan fingerprint density at radius 3 is 2.55 bits per heavy atom. The Balaban J connectivity index is 1.54. The summed E-state index contributed by atoms with van der Waals surface area (Å²) in [5, 5.41) is 4.47. The number of ether oxygens (including phenoxy) is 2. The normalized spacial score (nSPS) is 17.0. The Morgan fingerprint density at radius 1 is 1.17 bits per heavy atom. The molecule has 1 aromatic heterocycles. The number of carbonyl (C=O) groups is 1. The van der Waals surface area contributed by atoms with Crippen molar-refractivity contribution < 1.29 is 18.7 Å². The minimum atomic E-state index is -0.572. The summed E-state index contributed by atoms with van der Waals surface area (Å²) in [5.41, 5.74) is 0.332. The van der Waals surface area contributed by atoms with Gasteiger partial charge in [0.2, 0.25) is 0 Å². The first-order valence-corrected chi connectivity index (χ1v) is 9.74. The smallest absolute Gasteiger partial charge is 0.410 e. The zero-order valence-electron chi connectivity index (χ0n) is 16.7. The average Bonchev–Trinajstić information content (AvgIpc) is 3.38. The highest BCUT2D eigenvalue weighted by atomic mass is 19.1. The number of benzene rings is 1. The van der Waals surface area contributed by atoms with Crippen LogP contribution in [-0.4, -0.2) is 45.6 Å². The van der Waals surface area contributed by atoms with E-state index in [2.05, 4.69) is 5.10 Å². The van der Waals surface area contributed by atoms with E-state index in [1.807, 2.05) is 20.8 Å². The molecule has 29 heavy (non-hydrogen) atoms. The summed E-state index contributed by atoms with van der Waals surface area (Å²) in [5.74, 6) is 0.0407. The summed E-state index contributed by atoms with van der Waals surface area (Å²) in [7, 11) is 0. The third-order valence-electron chi connectivity index (χ3n) is 4.72. The summed E-state index contributed by atoms with van der Waals surface area (Å²) in [4.78, 5) is 26.0. The van der Waals surface area contributed by atoms with Crippen molar-refractivity contribution in [2.24, 2.45) is 0 Å². The van der Waals surface area contributed by atoms with Crippen LogP contribution in [0.5, 0.6) is 5.75 Å². The fraction of sp³-hybridized carbons (Fsp3) is 0.476. The van der Waals surface area contributed by atoms with E-state index >= 15 is 0 Å². The molecule has 0 N–H and O–H groups in total. The Bertz CT molecular complexity index is 988. The number of halogens is 1. The van der Waals surface area contributed by atoms with Crippen LogP contribution in [0, 0.1) is 5.82 Å². The Kier molecular flexibility index (Phi) is 4.80. The fourth-order valence-corrected chi connectivity index (χ4v) is 3.09. The van der Waals surface area contributed by atoms with E-state index in [4.69, 9.17) is 9.47 Å². The SMILES string of the molecule is CC(C)(C)OC(=O)N1CC(n2nc(-c3ccc(F)cc3OC3CC3)ccc2=O)C1. The molecule has 1 saturated heterocycles. The lowest BCUT2D eigenvalue weighted by molar-refractivity contribution is -0.000986. The second kappa shape index (κ2) is 7.17. The third kappa shape index (κ3) is 4.41. The standard InChI is InChI=1S/C21H24FN3O4/c1-21(2,3)29-20(27)24-11-14(12-24)25-19(26)9-8-17(23-25)16-7-4-13(22)10-18(16)28-15-5-6-15/h4,7-10,14-15H,5-6,11-12H2,1-3H3. The summed E-state index contributed by atoms with van der Waals surface area (Å²) >= 11 is 0. The van der Waals surface area contributed by atoms with Crippen LogP contribution in [-0.2, 0) is 4.74 Å². The first-order valence-electron chi connectivity index (χ1n) is 9.74. The molecule has 1 aliphatic heterocycles. The highest BCUT2D eigenvalue weighted by molar-refractivity contribution is 5.69. The van der Waals surface area contributed by atoms with Crippen LogP contribution in [0.15, 0.2) is 35.1 Å². The quantitative estimate of drug-likeness (QED) is 0.785. The molecule has 8 heteroatoms. The predicted molar refractivity (Wildman–Crippen MR) is 104 cm³/mol. The number of hydrogen-bond acceptors (Lipinski definition) is 5. The van der Waals surface area contributed by atoms with E-state index in [1.54, 1.807) is 12.1 Å². The molecule has 1 saturated carbocycles. The number of hydrogen-bond donors (Lipinski definition) is 0. The number of aromatic nitrogens is 2. The average molecular weight is 401 g/mol. The van der Waals surface area contributed by atoms with E-state index in [0.717, 1.165) is 12.8 Å². The van der Waals surface area contributed by atoms with Crippen molar-refractivity contribution in [2.45, 2.75) is 51.4 Å². The molecular weight excluding hydrogens is 377 g/mol. The van der Waals surface area contributed by atoms with Gasteiger partial charge in [-0.3, -0.25) is 4.79 Å². The number of nitrogens with zero attached hydrogens (tertiary/aromatic N) is 3. The van der Waals surface area contributed by atoms with Crippen molar-refractivity contribution in [3.8, 4) is 17.0 Å². The van der Waals surface area contributed by atoms with Gasteiger partial charge in [-0.25, -0.2) is 13.9 Å². The van der Waals surface area contributed by atoms with Crippen LogP contribution >= 0.6 is 0 Å². The number of rotatable bonds is 4. The highest BCUT2D eigenvalue weighted by Crippen LogP contribution is 2.34. The molecule has 2 fully saturated rings. The summed E-state index contributed by atoms with van der Waals surface area (Å²) < 4.78 is 26.2. The molecule has 1 amide bonds. The molecule has 2 aromatic rings. The van der Waals surface area contributed by atoms with Crippen LogP contribution in [0.2, 0.25) is 0 Å². The van der Waals surface area contributed by atoms with Crippen molar-refractivity contribution in [1.29, 1.82) is 0 Å². The molecule has 0 radical (unpaired) electrons. The minimum Gasteiger partial charge on any atom is -0.490 e. The molecule has 0 unspecified atom stereocenters. The van der Waals surface area contributed by atoms with Crippen molar-refractivity contribution in [3.63, 3.8) is 0 Å². The molecule has 2 aliphatic rings. The van der Waals surface area contributed by atoms with E-state index in [-0.39, 0.29) is 23.5 Å². The second-order valence-corrected chi connectivity index (χ2v) is 8.50. The fourth-order valence-electron chi connectivity index (χ4n) is 3.09. The molecule has 4 rings (SSSR count). The Morgan fingerprint density at radius 2 is 1.90 bits per heavy atom. The van der Waals surface area contributed by atoms with Crippen LogP contribution in [0.25, 0.3) is 11.3 Å². The molecule has 0 spiro atoms. The van der Waals surface area contributed by atoms with E-state index in [0.29, 0.717) is 30.1 Å². The zero-order valence-corrected chi connectivity index (χ0v) is 16.7. The van der Waals surface area contributed by atoms with Gasteiger partial charge in [0.25, 0.3) is 5.56 Å². The first kappa shape index (κ1) is 19.4. The lowest BCUT2D eigenvalue weighted by atomic mass is 10.1. The number of amides is 1. The maximum Gasteiger partial charge on any atom is 0.410 e. The minimum absolute atomic E-state index is 0.107. The zero-order chi connectivity index (χ0) is 20.8. The van der Waals surface area contributed by atoms with Crippen LogP contribution in [0.3, 0.4) is 0 Å². The third-order valence-corrected chi connectivity index (χ3v) is 4.72. The number of carbonyl (C=O) groups excluding carboxylic acids is 1. The van der Waals surface area contributed by atoms with E-state index in [9.17, 15) is 14.0 Å². The van der Waals surface area contributed by atoms with Crippen molar-refractivity contribution in [3.05, 3.63) is 46.5 Å².